The number of carbonyl (C=O) groups is 2. The van der Waals surface area contributed by atoms with Crippen LogP contribution in [0.1, 0.15) is 72.6 Å². The van der Waals surface area contributed by atoms with E-state index in [0.29, 0.717) is 17.7 Å². The first-order chi connectivity index (χ1) is 17.0. The number of hydrogen-bond donors (Lipinski definition) is 2. The van der Waals surface area contributed by atoms with Crippen LogP contribution in [0, 0.1) is 0 Å². The van der Waals surface area contributed by atoms with Crippen molar-refractivity contribution in [3.05, 3.63) is 83.0 Å². The van der Waals surface area contributed by atoms with E-state index in [4.69, 9.17) is 4.74 Å². The van der Waals surface area contributed by atoms with E-state index in [-0.39, 0.29) is 6.61 Å². The lowest BCUT2D eigenvalue weighted by atomic mass is 9.76. The Morgan fingerprint density at radius 3 is 2.31 bits per heavy atom. The van der Waals surface area contributed by atoms with Crippen LogP contribution in [0.15, 0.2) is 60.8 Å². The third-order valence-electron chi connectivity index (χ3n) is 7.66. The van der Waals surface area contributed by atoms with Crippen molar-refractivity contribution in [1.29, 1.82) is 0 Å². The SMILES string of the molecule is Cn1ncc(C2CCC(c3ccc(C4(C(=O)O)CC4)cc3)CC2)c1NC(=O)OCc1ccccc1. The summed E-state index contributed by atoms with van der Waals surface area (Å²) in [7, 11) is 1.83. The predicted octanol–water partition coefficient (Wildman–Crippen LogP) is 5.73. The van der Waals surface area contributed by atoms with E-state index in [1.807, 2.05) is 55.7 Å². The number of nitrogens with one attached hydrogen (secondary N) is 1. The predicted molar refractivity (Wildman–Crippen MR) is 132 cm³/mol. The van der Waals surface area contributed by atoms with E-state index in [2.05, 4.69) is 22.5 Å². The molecule has 3 aromatic rings. The number of carboxylic acids is 1. The van der Waals surface area contributed by atoms with Gasteiger partial charge < -0.3 is 9.84 Å². The van der Waals surface area contributed by atoms with Crippen LogP contribution >= 0.6 is 0 Å². The number of anilines is 1. The second-order valence-electron chi connectivity index (χ2n) is 9.82. The number of hydrogen-bond acceptors (Lipinski definition) is 4. The van der Waals surface area contributed by atoms with Gasteiger partial charge in [0.15, 0.2) is 0 Å². The highest BCUT2D eigenvalue weighted by Gasteiger charge is 2.51. The molecule has 0 unspecified atom stereocenters. The fourth-order valence-corrected chi connectivity index (χ4v) is 5.33. The quantitative estimate of drug-likeness (QED) is 0.457. The minimum absolute atomic E-state index is 0.220. The Bertz CT molecular complexity index is 1190. The minimum Gasteiger partial charge on any atom is -0.481 e. The van der Waals surface area contributed by atoms with Gasteiger partial charge in [-0.1, -0.05) is 54.6 Å². The summed E-state index contributed by atoms with van der Waals surface area (Å²) in [6, 6.07) is 17.8. The zero-order chi connectivity index (χ0) is 24.4. The first kappa shape index (κ1) is 23.1. The molecule has 35 heavy (non-hydrogen) atoms. The first-order valence-corrected chi connectivity index (χ1v) is 12.3. The van der Waals surface area contributed by atoms with Gasteiger partial charge in [-0.2, -0.15) is 5.10 Å². The van der Waals surface area contributed by atoms with Crippen molar-refractivity contribution in [1.82, 2.24) is 9.78 Å². The minimum atomic E-state index is -0.712. The maximum Gasteiger partial charge on any atom is 0.413 e. The Kier molecular flexibility index (Phi) is 6.32. The maximum absolute atomic E-state index is 12.4. The number of benzene rings is 2. The van der Waals surface area contributed by atoms with Crippen LogP contribution in [0.25, 0.3) is 0 Å². The van der Waals surface area contributed by atoms with Crippen molar-refractivity contribution in [2.75, 3.05) is 5.32 Å². The van der Waals surface area contributed by atoms with Crippen LogP contribution in [0.5, 0.6) is 0 Å². The Morgan fingerprint density at radius 2 is 1.69 bits per heavy atom. The molecule has 2 aliphatic rings. The molecule has 0 atom stereocenters. The summed E-state index contributed by atoms with van der Waals surface area (Å²) >= 11 is 0. The number of ether oxygens (including phenoxy) is 1. The van der Waals surface area contributed by atoms with Crippen molar-refractivity contribution in [2.45, 2.75) is 62.4 Å². The highest BCUT2D eigenvalue weighted by Crippen LogP contribution is 2.49. The van der Waals surface area contributed by atoms with Gasteiger partial charge in [-0.15, -0.1) is 0 Å². The monoisotopic (exact) mass is 473 g/mol. The van der Waals surface area contributed by atoms with Crippen molar-refractivity contribution >= 4 is 17.9 Å². The van der Waals surface area contributed by atoms with Gasteiger partial charge in [-0.05, 0) is 67.1 Å². The summed E-state index contributed by atoms with van der Waals surface area (Å²) in [5.74, 6) is 0.768. The molecule has 2 aromatic carbocycles. The smallest absolute Gasteiger partial charge is 0.413 e. The second kappa shape index (κ2) is 9.56. The average molecular weight is 474 g/mol. The molecule has 2 fully saturated rings. The Morgan fingerprint density at radius 1 is 1.03 bits per heavy atom. The standard InChI is InChI=1S/C28H31N3O4/c1-31-25(30-27(34)35-18-19-5-3-2-4-6-19)24(17-29-31)22-9-7-20(8-10-22)21-11-13-23(14-12-21)28(15-16-28)26(32)33/h2-6,11-14,17,20,22H,7-10,15-16,18H2,1H3,(H,30,34)(H,32,33). The molecule has 5 rings (SSSR count). The average Bonchev–Trinajstić information content (AvgIpc) is 3.63. The summed E-state index contributed by atoms with van der Waals surface area (Å²) in [4.78, 5) is 24.0. The third kappa shape index (κ3) is 4.81. The number of rotatable bonds is 7. The van der Waals surface area contributed by atoms with Crippen LogP contribution in [0.2, 0.25) is 0 Å². The Balaban J connectivity index is 1.18. The molecule has 2 saturated carbocycles. The number of aromatic nitrogens is 2. The summed E-state index contributed by atoms with van der Waals surface area (Å²) in [6.45, 7) is 0.220. The molecule has 2 N–H and O–H groups in total. The van der Waals surface area contributed by atoms with E-state index < -0.39 is 17.5 Å². The molecule has 182 valence electrons. The van der Waals surface area contributed by atoms with E-state index >= 15 is 0 Å². The van der Waals surface area contributed by atoms with Gasteiger partial charge in [-0.25, -0.2) is 4.79 Å². The third-order valence-corrected chi connectivity index (χ3v) is 7.66. The summed E-state index contributed by atoms with van der Waals surface area (Å²) < 4.78 is 7.09. The molecule has 0 saturated heterocycles. The second-order valence-corrected chi connectivity index (χ2v) is 9.82. The van der Waals surface area contributed by atoms with Crippen molar-refractivity contribution < 1.29 is 19.4 Å². The van der Waals surface area contributed by atoms with Crippen LogP contribution in [0.4, 0.5) is 10.6 Å². The molecule has 1 aromatic heterocycles. The topological polar surface area (TPSA) is 93.5 Å². The number of amides is 1. The fourth-order valence-electron chi connectivity index (χ4n) is 5.33. The number of carbonyl (C=O) groups excluding carboxylic acids is 1. The van der Waals surface area contributed by atoms with Crippen molar-refractivity contribution in [3.8, 4) is 0 Å². The van der Waals surface area contributed by atoms with E-state index in [0.717, 1.165) is 55.2 Å². The van der Waals surface area contributed by atoms with Gasteiger partial charge in [0, 0.05) is 12.6 Å². The van der Waals surface area contributed by atoms with E-state index in [1.54, 1.807) is 4.68 Å². The van der Waals surface area contributed by atoms with Gasteiger partial charge in [0.05, 0.1) is 11.6 Å². The zero-order valence-electron chi connectivity index (χ0n) is 19.9. The molecule has 0 aliphatic heterocycles. The van der Waals surface area contributed by atoms with E-state index in [1.165, 1.54) is 5.56 Å². The molecule has 0 radical (unpaired) electrons. The molecule has 0 bridgehead atoms. The van der Waals surface area contributed by atoms with Crippen molar-refractivity contribution in [3.63, 3.8) is 0 Å². The zero-order valence-corrected chi connectivity index (χ0v) is 19.9. The van der Waals surface area contributed by atoms with E-state index in [9.17, 15) is 14.7 Å². The summed E-state index contributed by atoms with van der Waals surface area (Å²) in [5, 5.41) is 16.8. The molecule has 1 heterocycles. The number of nitrogens with zero attached hydrogens (tertiary/aromatic N) is 2. The first-order valence-electron chi connectivity index (χ1n) is 12.3. The van der Waals surface area contributed by atoms with Gasteiger partial charge >= 0.3 is 12.1 Å². The van der Waals surface area contributed by atoms with Crippen LogP contribution in [-0.2, 0) is 28.6 Å². The van der Waals surface area contributed by atoms with Gasteiger partial charge in [0.2, 0.25) is 0 Å². The lowest BCUT2D eigenvalue weighted by molar-refractivity contribution is -0.140. The highest BCUT2D eigenvalue weighted by atomic mass is 16.5. The van der Waals surface area contributed by atoms with Crippen molar-refractivity contribution in [2.24, 2.45) is 7.05 Å². The number of carboxylic acid groups (broad SMARTS) is 1. The largest absolute Gasteiger partial charge is 0.481 e. The summed E-state index contributed by atoms with van der Waals surface area (Å²) in [5.41, 5.74) is 3.54. The number of aryl methyl sites for hydroxylation is 1. The lowest BCUT2D eigenvalue weighted by Crippen LogP contribution is -2.20. The Labute approximate surface area is 205 Å². The summed E-state index contributed by atoms with van der Waals surface area (Å²) in [6.07, 6.45) is 6.93. The Hall–Kier alpha value is -3.61. The lowest BCUT2D eigenvalue weighted by Gasteiger charge is -2.29. The van der Waals surface area contributed by atoms with Crippen LogP contribution in [-0.4, -0.2) is 26.9 Å². The molecule has 0 spiro atoms. The molecule has 1 amide bonds. The van der Waals surface area contributed by atoms with Crippen LogP contribution in [0.3, 0.4) is 0 Å². The molecule has 2 aliphatic carbocycles. The van der Waals surface area contributed by atoms with Crippen LogP contribution < -0.4 is 5.32 Å². The molecular formula is C28H31N3O4. The van der Waals surface area contributed by atoms with Gasteiger partial charge in [0.25, 0.3) is 0 Å². The normalized spacial score (nSPS) is 20.7. The van der Waals surface area contributed by atoms with Gasteiger partial charge in [0.1, 0.15) is 12.4 Å². The number of aliphatic carboxylic acids is 1. The highest BCUT2D eigenvalue weighted by molar-refractivity contribution is 5.85. The molecular weight excluding hydrogens is 442 g/mol. The van der Waals surface area contributed by atoms with Gasteiger partial charge in [-0.3, -0.25) is 14.8 Å². The molecule has 7 nitrogen and oxygen atoms in total. The molecule has 7 heteroatoms. The fraction of sp³-hybridized carbons (Fsp3) is 0.393. The maximum atomic E-state index is 12.4.